The molecule has 144 valence electrons. The third-order valence-corrected chi connectivity index (χ3v) is 5.27. The summed E-state index contributed by atoms with van der Waals surface area (Å²) in [6, 6.07) is 10.3. The van der Waals surface area contributed by atoms with Crippen LogP contribution in [-0.2, 0) is 10.0 Å². The lowest BCUT2D eigenvalue weighted by molar-refractivity contribution is -0.387. The minimum absolute atomic E-state index is 0.0838. The fourth-order valence-electron chi connectivity index (χ4n) is 2.34. The highest BCUT2D eigenvalue weighted by Gasteiger charge is 2.37. The number of rotatable bonds is 4. The van der Waals surface area contributed by atoms with E-state index in [9.17, 15) is 23.3 Å². The maximum Gasteiger partial charge on any atom is 0.336 e. The van der Waals surface area contributed by atoms with Gasteiger partial charge >= 0.3 is 6.03 Å². The lowest BCUT2D eigenvalue weighted by Crippen LogP contribution is -2.50. The maximum atomic E-state index is 13.2. The highest BCUT2D eigenvalue weighted by molar-refractivity contribution is 7.93. The number of nitro benzene ring substituents is 1. The van der Waals surface area contributed by atoms with Crippen LogP contribution in [-0.4, -0.2) is 24.9 Å². The number of carbonyl (C=O) groups is 1. The predicted molar refractivity (Wildman–Crippen MR) is 102 cm³/mol. The second-order valence-electron chi connectivity index (χ2n) is 7.01. The standard InChI is InChI=1S/C18H21N3O5S/c1-13-9-11-14(12-10-13)20(17(22)19-18(2,3)4)27(25,26)16-8-6-5-7-15(16)21(23)24/h5-12H,1-4H3,(H,19,22). The molecule has 1 N–H and O–H groups in total. The zero-order chi connectivity index (χ0) is 20.4. The summed E-state index contributed by atoms with van der Waals surface area (Å²) in [5.41, 5.74) is -0.352. The van der Waals surface area contributed by atoms with E-state index in [-0.39, 0.29) is 5.69 Å². The Balaban J connectivity index is 2.67. The quantitative estimate of drug-likeness (QED) is 0.632. The monoisotopic (exact) mass is 391 g/mol. The van der Waals surface area contributed by atoms with E-state index in [1.54, 1.807) is 32.9 Å². The van der Waals surface area contributed by atoms with Crippen LogP contribution in [0.15, 0.2) is 53.4 Å². The van der Waals surface area contributed by atoms with Crippen molar-refractivity contribution in [3.05, 3.63) is 64.2 Å². The van der Waals surface area contributed by atoms with E-state index in [1.807, 2.05) is 6.92 Å². The van der Waals surface area contributed by atoms with E-state index in [0.29, 0.717) is 4.31 Å². The number of sulfonamides is 1. The van der Waals surface area contributed by atoms with Crippen molar-refractivity contribution in [1.82, 2.24) is 5.32 Å². The van der Waals surface area contributed by atoms with Crippen molar-refractivity contribution in [2.45, 2.75) is 38.1 Å². The largest absolute Gasteiger partial charge is 0.336 e. The van der Waals surface area contributed by atoms with Gasteiger partial charge in [0.05, 0.1) is 10.6 Å². The van der Waals surface area contributed by atoms with Gasteiger partial charge in [0.25, 0.3) is 15.7 Å². The van der Waals surface area contributed by atoms with Gasteiger partial charge in [0.15, 0.2) is 4.90 Å². The number of para-hydroxylation sites is 1. The molecule has 8 nitrogen and oxygen atoms in total. The molecule has 0 saturated heterocycles. The van der Waals surface area contributed by atoms with Crippen LogP contribution in [0.25, 0.3) is 0 Å². The lowest BCUT2D eigenvalue weighted by Gasteiger charge is -2.28. The third kappa shape index (κ3) is 4.62. The van der Waals surface area contributed by atoms with Crippen molar-refractivity contribution in [3.8, 4) is 0 Å². The van der Waals surface area contributed by atoms with Crippen molar-refractivity contribution in [2.75, 3.05) is 4.31 Å². The van der Waals surface area contributed by atoms with Gasteiger partial charge in [-0.3, -0.25) is 10.1 Å². The number of nitrogens with zero attached hydrogens (tertiary/aromatic N) is 2. The molecular weight excluding hydrogens is 370 g/mol. The number of hydrogen-bond donors (Lipinski definition) is 1. The average Bonchev–Trinajstić information content (AvgIpc) is 2.55. The molecule has 0 fully saturated rings. The highest BCUT2D eigenvalue weighted by Crippen LogP contribution is 2.30. The van der Waals surface area contributed by atoms with E-state index >= 15 is 0 Å². The highest BCUT2D eigenvalue weighted by atomic mass is 32.2. The van der Waals surface area contributed by atoms with Gasteiger partial charge in [-0.15, -0.1) is 0 Å². The zero-order valence-corrected chi connectivity index (χ0v) is 16.3. The van der Waals surface area contributed by atoms with Crippen molar-refractivity contribution >= 4 is 27.4 Å². The van der Waals surface area contributed by atoms with Crippen LogP contribution >= 0.6 is 0 Å². The third-order valence-electron chi connectivity index (χ3n) is 3.52. The number of aryl methyl sites for hydroxylation is 1. The van der Waals surface area contributed by atoms with Crippen LogP contribution in [0.4, 0.5) is 16.2 Å². The number of carbonyl (C=O) groups excluding carboxylic acids is 1. The molecule has 0 aliphatic carbocycles. The van der Waals surface area contributed by atoms with Crippen LogP contribution in [0.2, 0.25) is 0 Å². The molecule has 2 aromatic rings. The number of benzene rings is 2. The molecule has 2 rings (SSSR count). The van der Waals surface area contributed by atoms with E-state index in [4.69, 9.17) is 0 Å². The van der Waals surface area contributed by atoms with E-state index < -0.39 is 37.1 Å². The summed E-state index contributed by atoms with van der Waals surface area (Å²) in [7, 11) is -4.53. The minimum Gasteiger partial charge on any atom is -0.332 e. The van der Waals surface area contributed by atoms with Crippen molar-refractivity contribution in [2.24, 2.45) is 0 Å². The van der Waals surface area contributed by atoms with E-state index in [1.165, 1.54) is 24.3 Å². The van der Waals surface area contributed by atoms with Crippen LogP contribution in [0.1, 0.15) is 26.3 Å². The van der Waals surface area contributed by atoms with Gasteiger partial charge in [-0.2, -0.15) is 4.31 Å². The number of nitrogens with one attached hydrogen (secondary N) is 1. The van der Waals surface area contributed by atoms with Gasteiger partial charge in [0.2, 0.25) is 0 Å². The maximum absolute atomic E-state index is 13.2. The Morgan fingerprint density at radius 1 is 1.07 bits per heavy atom. The molecule has 2 aromatic carbocycles. The average molecular weight is 391 g/mol. The normalized spacial score (nSPS) is 11.7. The molecule has 9 heteroatoms. The fraction of sp³-hybridized carbons (Fsp3) is 0.278. The molecule has 0 aliphatic rings. The molecule has 0 radical (unpaired) electrons. The molecule has 27 heavy (non-hydrogen) atoms. The number of anilines is 1. The first-order chi connectivity index (χ1) is 12.4. The molecule has 0 spiro atoms. The second kappa shape index (κ2) is 7.36. The van der Waals surface area contributed by atoms with Gasteiger partial charge in [0.1, 0.15) is 0 Å². The number of urea groups is 1. The molecule has 0 aliphatic heterocycles. The number of hydrogen-bond acceptors (Lipinski definition) is 5. The molecule has 2 amide bonds. The Morgan fingerprint density at radius 2 is 1.63 bits per heavy atom. The SMILES string of the molecule is Cc1ccc(N(C(=O)NC(C)(C)C)S(=O)(=O)c2ccccc2[N+](=O)[O-])cc1. The van der Waals surface area contributed by atoms with Gasteiger partial charge < -0.3 is 5.32 Å². The lowest BCUT2D eigenvalue weighted by atomic mass is 10.1. The summed E-state index contributed by atoms with van der Waals surface area (Å²) in [4.78, 5) is 22.8. The van der Waals surface area contributed by atoms with Crippen molar-refractivity contribution in [3.63, 3.8) is 0 Å². The van der Waals surface area contributed by atoms with E-state index in [0.717, 1.165) is 17.7 Å². The van der Waals surface area contributed by atoms with Gasteiger partial charge in [-0.25, -0.2) is 13.2 Å². The first kappa shape index (κ1) is 20.4. The molecular formula is C18H21N3O5S. The van der Waals surface area contributed by atoms with Crippen LogP contribution in [0.5, 0.6) is 0 Å². The summed E-state index contributed by atoms with van der Waals surface area (Å²) in [5, 5.41) is 13.9. The zero-order valence-electron chi connectivity index (χ0n) is 15.5. The van der Waals surface area contributed by atoms with Crippen LogP contribution < -0.4 is 9.62 Å². The Labute approximate surface area is 158 Å². The molecule has 0 saturated carbocycles. The van der Waals surface area contributed by atoms with Gasteiger partial charge in [-0.1, -0.05) is 29.8 Å². The Hall–Kier alpha value is -2.94. The summed E-state index contributed by atoms with van der Waals surface area (Å²) in [6.45, 7) is 6.93. The summed E-state index contributed by atoms with van der Waals surface area (Å²) in [5.74, 6) is 0. The topological polar surface area (TPSA) is 110 Å². The first-order valence-electron chi connectivity index (χ1n) is 8.11. The second-order valence-corrected chi connectivity index (χ2v) is 8.77. The molecule has 0 atom stereocenters. The smallest absolute Gasteiger partial charge is 0.332 e. The molecule has 0 unspecified atom stereocenters. The molecule has 0 heterocycles. The molecule has 0 bridgehead atoms. The van der Waals surface area contributed by atoms with Gasteiger partial charge in [-0.05, 0) is 45.9 Å². The number of amides is 2. The minimum atomic E-state index is -4.53. The van der Waals surface area contributed by atoms with Crippen LogP contribution in [0, 0.1) is 17.0 Å². The Kier molecular flexibility index (Phi) is 5.55. The van der Waals surface area contributed by atoms with E-state index in [2.05, 4.69) is 5.32 Å². The first-order valence-corrected chi connectivity index (χ1v) is 9.55. The summed E-state index contributed by atoms with van der Waals surface area (Å²) < 4.78 is 27.0. The summed E-state index contributed by atoms with van der Waals surface area (Å²) in [6.07, 6.45) is 0. The van der Waals surface area contributed by atoms with Crippen LogP contribution in [0.3, 0.4) is 0 Å². The fourth-order valence-corrected chi connectivity index (χ4v) is 3.86. The van der Waals surface area contributed by atoms with Crippen molar-refractivity contribution in [1.29, 1.82) is 0 Å². The predicted octanol–water partition coefficient (Wildman–Crippen LogP) is 3.61. The summed E-state index contributed by atoms with van der Waals surface area (Å²) >= 11 is 0. The van der Waals surface area contributed by atoms with Gasteiger partial charge in [0, 0.05) is 11.6 Å². The molecule has 0 aromatic heterocycles. The Bertz CT molecular complexity index is 963. The Morgan fingerprint density at radius 3 is 2.15 bits per heavy atom. The number of nitro groups is 1. The van der Waals surface area contributed by atoms with Crippen molar-refractivity contribution < 1.29 is 18.1 Å².